The van der Waals surface area contributed by atoms with E-state index < -0.39 is 17.7 Å². The Balaban J connectivity index is 0.00000341. The van der Waals surface area contributed by atoms with Gasteiger partial charge in [0.1, 0.15) is 5.75 Å². The van der Waals surface area contributed by atoms with Crippen molar-refractivity contribution in [2.24, 2.45) is 5.73 Å². The molecule has 3 rings (SSSR count). The van der Waals surface area contributed by atoms with E-state index in [1.807, 2.05) is 0 Å². The standard InChI is InChI=1S/C22H25F2N3O3.ClH/c1-30-20-5-3-2-4-17(20)22(29)27-10-8-26(9-11-27)21(28)14-16(25)12-15-6-7-18(23)19(24)13-15;/h2-7,13,16H,8-12,14,25H2,1H3;1H/t16-;/m1./s1. The molecular weight excluding hydrogens is 428 g/mol. The first kappa shape index (κ1) is 24.6. The molecule has 168 valence electrons. The van der Waals surface area contributed by atoms with Gasteiger partial charge in [0.15, 0.2) is 11.6 Å². The van der Waals surface area contributed by atoms with Crippen LogP contribution in [0.5, 0.6) is 5.75 Å². The molecule has 1 heterocycles. The highest BCUT2D eigenvalue weighted by atomic mass is 35.5. The van der Waals surface area contributed by atoms with Crippen LogP contribution in [0.4, 0.5) is 8.78 Å². The summed E-state index contributed by atoms with van der Waals surface area (Å²) in [7, 11) is 1.52. The summed E-state index contributed by atoms with van der Waals surface area (Å²) in [6, 6.07) is 10.1. The third-order valence-corrected chi connectivity index (χ3v) is 5.18. The number of rotatable bonds is 6. The number of piperazine rings is 1. The SMILES string of the molecule is COc1ccccc1C(=O)N1CCN(C(=O)C[C@H](N)Cc2ccc(F)c(F)c2)CC1.Cl. The van der Waals surface area contributed by atoms with Gasteiger partial charge in [-0.05, 0) is 36.2 Å². The van der Waals surface area contributed by atoms with Gasteiger partial charge in [0.25, 0.3) is 5.91 Å². The van der Waals surface area contributed by atoms with Gasteiger partial charge < -0.3 is 20.3 Å². The summed E-state index contributed by atoms with van der Waals surface area (Å²) in [5.74, 6) is -1.57. The lowest BCUT2D eigenvalue weighted by atomic mass is 10.0. The zero-order valence-corrected chi connectivity index (χ0v) is 18.0. The van der Waals surface area contributed by atoms with Gasteiger partial charge in [-0.15, -0.1) is 12.4 Å². The van der Waals surface area contributed by atoms with Crippen molar-refractivity contribution in [3.8, 4) is 5.75 Å². The number of amides is 2. The maximum Gasteiger partial charge on any atom is 0.257 e. The van der Waals surface area contributed by atoms with Gasteiger partial charge in [0, 0.05) is 38.6 Å². The maximum atomic E-state index is 13.3. The summed E-state index contributed by atoms with van der Waals surface area (Å²) >= 11 is 0. The fourth-order valence-corrected chi connectivity index (χ4v) is 3.55. The number of benzene rings is 2. The molecule has 2 N–H and O–H groups in total. The molecule has 1 aliphatic rings. The van der Waals surface area contributed by atoms with E-state index >= 15 is 0 Å². The van der Waals surface area contributed by atoms with Crippen molar-refractivity contribution in [1.29, 1.82) is 0 Å². The average Bonchev–Trinajstić information content (AvgIpc) is 2.75. The van der Waals surface area contributed by atoms with E-state index in [1.54, 1.807) is 34.1 Å². The van der Waals surface area contributed by atoms with Crippen molar-refractivity contribution in [2.45, 2.75) is 18.9 Å². The van der Waals surface area contributed by atoms with Gasteiger partial charge in [-0.1, -0.05) is 18.2 Å². The third kappa shape index (κ3) is 6.15. The summed E-state index contributed by atoms with van der Waals surface area (Å²) in [5, 5.41) is 0. The molecule has 0 unspecified atom stereocenters. The first-order valence-electron chi connectivity index (χ1n) is 9.78. The highest BCUT2D eigenvalue weighted by Crippen LogP contribution is 2.20. The quantitative estimate of drug-likeness (QED) is 0.729. The molecule has 6 nitrogen and oxygen atoms in total. The Hall–Kier alpha value is -2.71. The van der Waals surface area contributed by atoms with Crippen LogP contribution in [0, 0.1) is 11.6 Å². The molecule has 1 saturated heterocycles. The number of ether oxygens (including phenoxy) is 1. The largest absolute Gasteiger partial charge is 0.496 e. The van der Waals surface area contributed by atoms with E-state index in [9.17, 15) is 18.4 Å². The van der Waals surface area contributed by atoms with Crippen LogP contribution in [0.3, 0.4) is 0 Å². The molecule has 2 aromatic rings. The van der Waals surface area contributed by atoms with Crippen molar-refractivity contribution < 1.29 is 23.1 Å². The number of carbonyl (C=O) groups excluding carboxylic acids is 2. The van der Waals surface area contributed by atoms with Gasteiger partial charge in [-0.3, -0.25) is 9.59 Å². The molecule has 9 heteroatoms. The molecule has 2 aromatic carbocycles. The second-order valence-electron chi connectivity index (χ2n) is 7.29. The van der Waals surface area contributed by atoms with Crippen molar-refractivity contribution in [3.05, 3.63) is 65.2 Å². The number of hydrogen-bond acceptors (Lipinski definition) is 4. The van der Waals surface area contributed by atoms with Crippen molar-refractivity contribution in [3.63, 3.8) is 0 Å². The molecule has 1 atom stereocenters. The Morgan fingerprint density at radius 1 is 1.03 bits per heavy atom. The fourth-order valence-electron chi connectivity index (χ4n) is 3.55. The van der Waals surface area contributed by atoms with Crippen LogP contribution in [0.2, 0.25) is 0 Å². The van der Waals surface area contributed by atoms with Crippen LogP contribution in [-0.2, 0) is 11.2 Å². The highest BCUT2D eigenvalue weighted by molar-refractivity contribution is 5.97. The van der Waals surface area contributed by atoms with Crippen LogP contribution >= 0.6 is 12.4 Å². The molecule has 0 radical (unpaired) electrons. The minimum absolute atomic E-state index is 0. The van der Waals surface area contributed by atoms with E-state index in [0.717, 1.165) is 12.1 Å². The van der Waals surface area contributed by atoms with Crippen LogP contribution < -0.4 is 10.5 Å². The first-order valence-corrected chi connectivity index (χ1v) is 9.78. The van der Waals surface area contributed by atoms with Gasteiger partial charge in [-0.2, -0.15) is 0 Å². The summed E-state index contributed by atoms with van der Waals surface area (Å²) in [6.45, 7) is 1.66. The van der Waals surface area contributed by atoms with Gasteiger partial charge >= 0.3 is 0 Å². The lowest BCUT2D eigenvalue weighted by Gasteiger charge is -2.35. The molecule has 0 bridgehead atoms. The van der Waals surface area contributed by atoms with Crippen LogP contribution in [0.1, 0.15) is 22.3 Å². The lowest BCUT2D eigenvalue weighted by Crippen LogP contribution is -2.51. The normalized spacial score (nSPS) is 14.6. The number of nitrogens with two attached hydrogens (primary N) is 1. The zero-order chi connectivity index (χ0) is 21.7. The molecule has 0 saturated carbocycles. The maximum absolute atomic E-state index is 13.3. The minimum atomic E-state index is -0.929. The van der Waals surface area contributed by atoms with E-state index in [1.165, 1.54) is 13.2 Å². The molecule has 1 aliphatic heterocycles. The Labute approximate surface area is 186 Å². The molecule has 2 amide bonds. The second-order valence-corrected chi connectivity index (χ2v) is 7.29. The number of hydrogen-bond donors (Lipinski definition) is 1. The Bertz CT molecular complexity index is 921. The van der Waals surface area contributed by atoms with Crippen molar-refractivity contribution in [2.75, 3.05) is 33.3 Å². The highest BCUT2D eigenvalue weighted by Gasteiger charge is 2.27. The number of para-hydroxylation sites is 1. The predicted octanol–water partition coefficient (Wildman–Crippen LogP) is 2.64. The molecule has 0 aliphatic carbocycles. The molecular formula is C22H26ClF2N3O3. The first-order chi connectivity index (χ1) is 14.4. The summed E-state index contributed by atoms with van der Waals surface area (Å²) in [5.41, 5.74) is 7.08. The van der Waals surface area contributed by atoms with Crippen LogP contribution in [0.15, 0.2) is 42.5 Å². The average molecular weight is 454 g/mol. The molecule has 31 heavy (non-hydrogen) atoms. The molecule has 0 aromatic heterocycles. The number of carbonyl (C=O) groups is 2. The van der Waals surface area contributed by atoms with Crippen LogP contribution in [0.25, 0.3) is 0 Å². The molecule has 0 spiro atoms. The number of methoxy groups -OCH3 is 1. The summed E-state index contributed by atoms with van der Waals surface area (Å²) < 4.78 is 31.6. The monoisotopic (exact) mass is 453 g/mol. The van der Waals surface area contributed by atoms with E-state index in [4.69, 9.17) is 10.5 Å². The van der Waals surface area contributed by atoms with E-state index in [0.29, 0.717) is 43.1 Å². The summed E-state index contributed by atoms with van der Waals surface area (Å²) in [4.78, 5) is 28.7. The molecule has 1 fully saturated rings. The number of nitrogens with zero attached hydrogens (tertiary/aromatic N) is 2. The van der Waals surface area contributed by atoms with Crippen LogP contribution in [-0.4, -0.2) is 60.9 Å². The van der Waals surface area contributed by atoms with Gasteiger partial charge in [0.05, 0.1) is 12.7 Å². The topological polar surface area (TPSA) is 75.9 Å². The van der Waals surface area contributed by atoms with Gasteiger partial charge in [-0.25, -0.2) is 8.78 Å². The minimum Gasteiger partial charge on any atom is -0.496 e. The third-order valence-electron chi connectivity index (χ3n) is 5.18. The Morgan fingerprint density at radius 3 is 2.32 bits per heavy atom. The van der Waals surface area contributed by atoms with Crippen molar-refractivity contribution >= 4 is 24.2 Å². The van der Waals surface area contributed by atoms with Gasteiger partial charge in [0.2, 0.25) is 5.91 Å². The summed E-state index contributed by atoms with van der Waals surface area (Å²) in [6.07, 6.45) is 0.370. The lowest BCUT2D eigenvalue weighted by molar-refractivity contribution is -0.133. The van der Waals surface area contributed by atoms with E-state index in [2.05, 4.69) is 0 Å². The smallest absolute Gasteiger partial charge is 0.257 e. The predicted molar refractivity (Wildman–Crippen MR) is 115 cm³/mol. The number of halogens is 3. The Morgan fingerprint density at radius 2 is 1.68 bits per heavy atom. The second kappa shape index (κ2) is 11.1. The van der Waals surface area contributed by atoms with E-state index in [-0.39, 0.29) is 37.1 Å². The van der Waals surface area contributed by atoms with Crippen molar-refractivity contribution in [1.82, 2.24) is 9.80 Å². The zero-order valence-electron chi connectivity index (χ0n) is 17.2. The Kier molecular flexibility index (Phi) is 8.76. The fraction of sp³-hybridized carbons (Fsp3) is 0.364.